The van der Waals surface area contributed by atoms with Crippen molar-refractivity contribution in [1.29, 1.82) is 0 Å². The van der Waals surface area contributed by atoms with E-state index in [1.54, 1.807) is 0 Å². The Morgan fingerprint density at radius 1 is 1.67 bits per heavy atom. The Bertz CT molecular complexity index is 46.8. The fourth-order valence-electron chi connectivity index (χ4n) is 0. The molecule has 0 saturated carbocycles. The van der Waals surface area contributed by atoms with Gasteiger partial charge in [-0.05, 0) is 11.6 Å². The number of alkyl halides is 1. The topological polar surface area (TPSA) is 52.1 Å². The summed E-state index contributed by atoms with van der Waals surface area (Å²) in [5, 5.41) is -0.508. The molecule has 0 spiro atoms. The summed E-state index contributed by atoms with van der Waals surface area (Å²) >= 11 is 9.55. The molecule has 0 aromatic rings. The van der Waals surface area contributed by atoms with Crippen LogP contribution in [0.2, 0.25) is 0 Å². The Hall–Kier alpha value is 0.210. The van der Waals surface area contributed by atoms with Gasteiger partial charge < -0.3 is 6.15 Å². The zero-order chi connectivity index (χ0) is 4.28. The second kappa shape index (κ2) is 5.21. The fourth-order valence-corrected chi connectivity index (χ4v) is 0. The van der Waals surface area contributed by atoms with Gasteiger partial charge in [0.05, 0.1) is 5.88 Å². The van der Waals surface area contributed by atoms with Gasteiger partial charge in [0.25, 0.3) is 0 Å². The number of hydrogen-bond acceptors (Lipinski definition) is 2. The largest absolute Gasteiger partial charge is 0.344 e. The molecule has 0 amide bonds. The summed E-state index contributed by atoms with van der Waals surface area (Å²) in [6.07, 6.45) is 0. The molecule has 6 heavy (non-hydrogen) atoms. The third kappa shape index (κ3) is 8.88. The highest BCUT2D eigenvalue weighted by Crippen LogP contribution is 1.80. The van der Waals surface area contributed by atoms with Crippen LogP contribution in [-0.2, 0) is 4.79 Å². The van der Waals surface area contributed by atoms with Crippen molar-refractivity contribution in [3.05, 3.63) is 0 Å². The van der Waals surface area contributed by atoms with Crippen molar-refractivity contribution in [3.63, 3.8) is 0 Å². The number of carbonyl (C=O) groups excluding carboxylic acids is 1. The van der Waals surface area contributed by atoms with E-state index in [0.29, 0.717) is 0 Å². The molecule has 2 nitrogen and oxygen atoms in total. The number of halogens is 2. The molecule has 0 aromatic heterocycles. The lowest BCUT2D eigenvalue weighted by atomic mass is 10.9. The van der Waals surface area contributed by atoms with Crippen LogP contribution in [0, 0.1) is 0 Å². The maximum atomic E-state index is 9.45. The van der Waals surface area contributed by atoms with E-state index >= 15 is 0 Å². The Kier molecular flexibility index (Phi) is 8.26. The molecule has 4 heteroatoms. The molecule has 0 radical (unpaired) electrons. The average Bonchev–Trinajstić information content (AvgIpc) is 1.38. The van der Waals surface area contributed by atoms with Gasteiger partial charge in [-0.3, -0.25) is 4.79 Å². The number of rotatable bonds is 1. The summed E-state index contributed by atoms with van der Waals surface area (Å²) in [7, 11) is 0. The predicted octanol–water partition coefficient (Wildman–Crippen LogP) is 1.15. The van der Waals surface area contributed by atoms with Gasteiger partial charge >= 0.3 is 0 Å². The van der Waals surface area contributed by atoms with E-state index < -0.39 is 5.24 Å². The molecular formula is C2H5Cl2NO. The van der Waals surface area contributed by atoms with Gasteiger partial charge in [0.2, 0.25) is 5.24 Å². The van der Waals surface area contributed by atoms with E-state index in [-0.39, 0.29) is 12.0 Å². The van der Waals surface area contributed by atoms with Crippen LogP contribution in [0.15, 0.2) is 0 Å². The van der Waals surface area contributed by atoms with Crippen LogP contribution in [0.4, 0.5) is 0 Å². The molecule has 0 fully saturated rings. The first-order valence-corrected chi connectivity index (χ1v) is 1.93. The van der Waals surface area contributed by atoms with E-state index in [1.807, 2.05) is 0 Å². The first-order chi connectivity index (χ1) is 2.27. The first kappa shape index (κ1) is 9.51. The summed E-state index contributed by atoms with van der Waals surface area (Å²) in [6, 6.07) is 0. The fraction of sp³-hybridized carbons (Fsp3) is 0.500. The SMILES string of the molecule is N.O=C(Cl)CCl. The van der Waals surface area contributed by atoms with Crippen LogP contribution in [0.1, 0.15) is 0 Å². The molecule has 0 heterocycles. The van der Waals surface area contributed by atoms with Crippen LogP contribution in [0.25, 0.3) is 0 Å². The molecule has 0 saturated heterocycles. The lowest BCUT2D eigenvalue weighted by Crippen LogP contribution is -1.81. The minimum absolute atomic E-state index is 0. The van der Waals surface area contributed by atoms with Crippen molar-refractivity contribution in [2.24, 2.45) is 0 Å². The first-order valence-electron chi connectivity index (χ1n) is 1.01. The minimum atomic E-state index is -0.508. The normalized spacial score (nSPS) is 6.33. The highest BCUT2D eigenvalue weighted by Gasteiger charge is 1.83. The summed E-state index contributed by atoms with van der Waals surface area (Å²) in [6.45, 7) is 0. The van der Waals surface area contributed by atoms with Crippen molar-refractivity contribution in [3.8, 4) is 0 Å². The summed E-state index contributed by atoms with van der Waals surface area (Å²) in [5.41, 5.74) is 0. The third-order valence-corrected chi connectivity index (χ3v) is 0.618. The van der Waals surface area contributed by atoms with E-state index in [4.69, 9.17) is 23.2 Å². The number of hydrogen-bond donors (Lipinski definition) is 1. The zero-order valence-corrected chi connectivity index (χ0v) is 4.59. The molecule has 0 aliphatic carbocycles. The Morgan fingerprint density at radius 2 is 1.83 bits per heavy atom. The second-order valence-corrected chi connectivity index (χ2v) is 1.18. The smallest absolute Gasteiger partial charge is 0.236 e. The van der Waals surface area contributed by atoms with Gasteiger partial charge in [0.1, 0.15) is 0 Å². The van der Waals surface area contributed by atoms with Gasteiger partial charge in [-0.1, -0.05) is 0 Å². The minimum Gasteiger partial charge on any atom is -0.344 e. The van der Waals surface area contributed by atoms with E-state index in [2.05, 4.69) is 0 Å². The molecule has 0 aliphatic rings. The molecule has 0 rings (SSSR count). The maximum Gasteiger partial charge on any atom is 0.236 e. The van der Waals surface area contributed by atoms with E-state index in [1.165, 1.54) is 0 Å². The molecule has 0 aromatic carbocycles. The Balaban J connectivity index is 0. The molecule has 0 aliphatic heterocycles. The second-order valence-electron chi connectivity index (χ2n) is 0.489. The van der Waals surface area contributed by atoms with Crippen molar-refractivity contribution in [2.75, 3.05) is 5.88 Å². The molecule has 0 unspecified atom stereocenters. The van der Waals surface area contributed by atoms with Crippen LogP contribution >= 0.6 is 23.2 Å². The molecule has 0 atom stereocenters. The molecular weight excluding hydrogens is 125 g/mol. The van der Waals surface area contributed by atoms with Gasteiger partial charge in [0.15, 0.2) is 0 Å². The lowest BCUT2D eigenvalue weighted by molar-refractivity contribution is -0.109. The summed E-state index contributed by atoms with van der Waals surface area (Å²) in [4.78, 5) is 9.45. The molecule has 38 valence electrons. The standard InChI is InChI=1S/C2H2Cl2O.H3N/c3-1-2(4)5;/h1H2;1H3. The van der Waals surface area contributed by atoms with Crippen LogP contribution in [-0.4, -0.2) is 11.1 Å². The van der Waals surface area contributed by atoms with Gasteiger partial charge in [-0.25, -0.2) is 0 Å². The van der Waals surface area contributed by atoms with Crippen molar-refractivity contribution >= 4 is 28.4 Å². The maximum absolute atomic E-state index is 9.45. The molecule has 0 bridgehead atoms. The molecule has 3 N–H and O–H groups in total. The zero-order valence-electron chi connectivity index (χ0n) is 3.08. The predicted molar refractivity (Wildman–Crippen MR) is 26.6 cm³/mol. The third-order valence-electron chi connectivity index (χ3n) is 0.105. The monoisotopic (exact) mass is 129 g/mol. The lowest BCUT2D eigenvalue weighted by Gasteiger charge is -1.65. The van der Waals surface area contributed by atoms with Crippen molar-refractivity contribution < 1.29 is 4.79 Å². The van der Waals surface area contributed by atoms with Crippen LogP contribution < -0.4 is 6.15 Å². The van der Waals surface area contributed by atoms with Crippen LogP contribution in [0.3, 0.4) is 0 Å². The Morgan fingerprint density at radius 3 is 1.83 bits per heavy atom. The highest BCUT2D eigenvalue weighted by atomic mass is 35.5. The summed E-state index contributed by atoms with van der Waals surface area (Å²) in [5.74, 6) is -0.0957. The summed E-state index contributed by atoms with van der Waals surface area (Å²) < 4.78 is 0. The quantitative estimate of drug-likeness (QED) is 0.427. The van der Waals surface area contributed by atoms with Crippen molar-refractivity contribution in [2.45, 2.75) is 0 Å². The number of carbonyl (C=O) groups is 1. The van der Waals surface area contributed by atoms with E-state index in [9.17, 15) is 4.79 Å². The van der Waals surface area contributed by atoms with Crippen LogP contribution in [0.5, 0.6) is 0 Å². The van der Waals surface area contributed by atoms with E-state index in [0.717, 1.165) is 0 Å². The highest BCUT2D eigenvalue weighted by molar-refractivity contribution is 6.67. The van der Waals surface area contributed by atoms with Gasteiger partial charge in [-0.15, -0.1) is 11.6 Å². The Labute approximate surface area is 46.0 Å². The average molecular weight is 130 g/mol. The van der Waals surface area contributed by atoms with Gasteiger partial charge in [0, 0.05) is 0 Å². The van der Waals surface area contributed by atoms with Gasteiger partial charge in [-0.2, -0.15) is 0 Å². The van der Waals surface area contributed by atoms with Crippen molar-refractivity contribution in [1.82, 2.24) is 6.15 Å².